The van der Waals surface area contributed by atoms with Crippen LogP contribution < -0.4 is 20.1 Å². The van der Waals surface area contributed by atoms with Gasteiger partial charge in [0.05, 0.1) is 25.5 Å². The van der Waals surface area contributed by atoms with E-state index >= 15 is 0 Å². The second kappa shape index (κ2) is 11.9. The molecule has 0 unspecified atom stereocenters. The Bertz CT molecular complexity index is 1540. The molecule has 2 heterocycles. The van der Waals surface area contributed by atoms with Crippen molar-refractivity contribution in [3.05, 3.63) is 77.6 Å². The summed E-state index contributed by atoms with van der Waals surface area (Å²) in [6.45, 7) is -0.288. The third-order valence-electron chi connectivity index (χ3n) is 7.42. The maximum atomic E-state index is 15.0. The van der Waals surface area contributed by atoms with Gasteiger partial charge in [0.15, 0.2) is 5.54 Å². The van der Waals surface area contributed by atoms with Gasteiger partial charge in [0.2, 0.25) is 0 Å². The molecule has 1 aliphatic heterocycles. The third kappa shape index (κ3) is 6.68. The SMILES string of the molecule is COc1ccc(NC(=O)C2=C(c3ccn(C4CC4)n3)C[C@](c3ccc(OCCCC(F)(F)F)cc3)(C(F)(F)F)NC2=O)cc1. The van der Waals surface area contributed by atoms with E-state index < -0.39 is 48.1 Å². The highest BCUT2D eigenvalue weighted by molar-refractivity contribution is 6.28. The van der Waals surface area contributed by atoms with Crippen molar-refractivity contribution in [2.45, 2.75) is 56.0 Å². The van der Waals surface area contributed by atoms with Crippen molar-refractivity contribution in [3.8, 4) is 11.5 Å². The molecule has 0 bridgehead atoms. The first-order chi connectivity index (χ1) is 20.8. The van der Waals surface area contributed by atoms with Crippen LogP contribution in [0.5, 0.6) is 11.5 Å². The first-order valence-electron chi connectivity index (χ1n) is 13.7. The van der Waals surface area contributed by atoms with Gasteiger partial charge in [-0.2, -0.15) is 31.4 Å². The van der Waals surface area contributed by atoms with Gasteiger partial charge in [0.25, 0.3) is 11.8 Å². The lowest BCUT2D eigenvalue weighted by molar-refractivity contribution is -0.201. The van der Waals surface area contributed by atoms with Crippen molar-refractivity contribution in [2.24, 2.45) is 0 Å². The summed E-state index contributed by atoms with van der Waals surface area (Å²) in [4.78, 5) is 27.0. The Morgan fingerprint density at radius 1 is 1.02 bits per heavy atom. The van der Waals surface area contributed by atoms with Crippen LogP contribution in [0.3, 0.4) is 0 Å². The Morgan fingerprint density at radius 3 is 2.27 bits per heavy atom. The molecule has 3 aromatic rings. The summed E-state index contributed by atoms with van der Waals surface area (Å²) in [5.74, 6) is -1.59. The summed E-state index contributed by atoms with van der Waals surface area (Å²) >= 11 is 0. The van der Waals surface area contributed by atoms with Gasteiger partial charge in [-0.3, -0.25) is 14.3 Å². The van der Waals surface area contributed by atoms with Gasteiger partial charge in [-0.25, -0.2) is 0 Å². The van der Waals surface area contributed by atoms with Crippen LogP contribution in [-0.2, 0) is 15.1 Å². The molecule has 1 fully saturated rings. The first kappa shape index (κ1) is 31.0. The number of hydrogen-bond donors (Lipinski definition) is 2. The fourth-order valence-corrected chi connectivity index (χ4v) is 4.97. The second-order valence-corrected chi connectivity index (χ2v) is 10.6. The first-order valence-corrected chi connectivity index (χ1v) is 13.7. The molecule has 234 valence electrons. The van der Waals surface area contributed by atoms with E-state index in [1.165, 1.54) is 37.4 Å². The summed E-state index contributed by atoms with van der Waals surface area (Å²) in [6.07, 6.45) is -8.31. The Labute approximate surface area is 248 Å². The number of anilines is 1. The number of alkyl halides is 6. The van der Waals surface area contributed by atoms with Crippen molar-refractivity contribution in [1.29, 1.82) is 0 Å². The molecule has 0 spiro atoms. The normalized spacial score (nSPS) is 19.0. The molecule has 14 heteroatoms. The van der Waals surface area contributed by atoms with Crippen molar-refractivity contribution >= 4 is 23.1 Å². The topological polar surface area (TPSA) is 94.5 Å². The summed E-state index contributed by atoms with van der Waals surface area (Å²) in [5.41, 5.74) is -3.64. The Hall–Kier alpha value is -4.49. The van der Waals surface area contributed by atoms with Crippen LogP contribution in [-0.4, -0.2) is 47.7 Å². The van der Waals surface area contributed by atoms with Crippen molar-refractivity contribution in [2.75, 3.05) is 19.0 Å². The minimum Gasteiger partial charge on any atom is -0.497 e. The van der Waals surface area contributed by atoms with Crippen LogP contribution in [0.25, 0.3) is 5.57 Å². The number of nitrogens with one attached hydrogen (secondary N) is 2. The van der Waals surface area contributed by atoms with Crippen LogP contribution in [0.2, 0.25) is 0 Å². The highest BCUT2D eigenvalue weighted by atomic mass is 19.4. The largest absolute Gasteiger partial charge is 0.497 e. The number of hydrogen-bond acceptors (Lipinski definition) is 5. The number of methoxy groups -OCH3 is 1. The van der Waals surface area contributed by atoms with Gasteiger partial charge < -0.3 is 20.1 Å². The molecule has 1 aromatic heterocycles. The summed E-state index contributed by atoms with van der Waals surface area (Å²) in [6, 6.07) is 12.3. The highest BCUT2D eigenvalue weighted by Crippen LogP contribution is 2.49. The number of rotatable bonds is 10. The predicted octanol–water partition coefficient (Wildman–Crippen LogP) is 6.32. The molecule has 2 amide bonds. The molecule has 44 heavy (non-hydrogen) atoms. The van der Waals surface area contributed by atoms with Gasteiger partial charge in [0.1, 0.15) is 17.1 Å². The zero-order valence-electron chi connectivity index (χ0n) is 23.4. The summed E-state index contributed by atoms with van der Waals surface area (Å²) in [7, 11) is 1.46. The predicted molar refractivity (Wildman–Crippen MR) is 147 cm³/mol. The van der Waals surface area contributed by atoms with Gasteiger partial charge in [-0.1, -0.05) is 12.1 Å². The smallest absolute Gasteiger partial charge is 0.416 e. The van der Waals surface area contributed by atoms with Crippen molar-refractivity contribution in [3.63, 3.8) is 0 Å². The molecule has 0 saturated heterocycles. The standard InChI is InChI=1S/C30H28F6N4O4/c1-43-21-11-5-19(6-12-21)37-26(41)25-23(24-13-15-40(39-24)20-7-8-20)17-28(30(34,35)36,38-27(25)42)18-3-9-22(10-4-18)44-16-2-14-29(31,32)33/h3-6,9-13,15,20H,2,7-8,14,16-17H2,1H3,(H,37,41)(H,38,42)/t28-/m0/s1. The van der Waals surface area contributed by atoms with E-state index in [-0.39, 0.29) is 47.3 Å². The van der Waals surface area contributed by atoms with Gasteiger partial charge in [0, 0.05) is 30.3 Å². The van der Waals surface area contributed by atoms with Gasteiger partial charge in [-0.05, 0) is 67.3 Å². The Kier molecular flexibility index (Phi) is 8.36. The van der Waals surface area contributed by atoms with E-state index in [9.17, 15) is 35.9 Å². The third-order valence-corrected chi connectivity index (χ3v) is 7.42. The zero-order chi connectivity index (χ0) is 31.7. The van der Waals surface area contributed by atoms with Gasteiger partial charge in [-0.15, -0.1) is 0 Å². The molecule has 5 rings (SSSR count). The average Bonchev–Trinajstić information content (AvgIpc) is 3.70. The maximum Gasteiger partial charge on any atom is 0.416 e. The van der Waals surface area contributed by atoms with Crippen LogP contribution in [0, 0.1) is 0 Å². The van der Waals surface area contributed by atoms with Crippen molar-refractivity contribution in [1.82, 2.24) is 15.1 Å². The number of halogens is 6. The van der Waals surface area contributed by atoms with E-state index in [0.717, 1.165) is 25.0 Å². The minimum atomic E-state index is -5.03. The molecule has 1 saturated carbocycles. The zero-order valence-corrected chi connectivity index (χ0v) is 23.4. The number of aromatic nitrogens is 2. The van der Waals surface area contributed by atoms with E-state index in [4.69, 9.17) is 9.47 Å². The molecule has 2 aliphatic rings. The lowest BCUT2D eigenvalue weighted by atomic mass is 9.77. The fraction of sp³-hybridized carbons (Fsp3) is 0.367. The number of amides is 2. The second-order valence-electron chi connectivity index (χ2n) is 10.6. The number of carbonyl (C=O) groups is 2. The molecule has 1 aliphatic carbocycles. The molecule has 2 N–H and O–H groups in total. The summed E-state index contributed by atoms with van der Waals surface area (Å²) < 4.78 is 94.1. The quantitative estimate of drug-likeness (QED) is 0.157. The number of ether oxygens (including phenoxy) is 2. The maximum absolute atomic E-state index is 15.0. The van der Waals surface area contributed by atoms with E-state index in [1.54, 1.807) is 23.0 Å². The highest BCUT2D eigenvalue weighted by Gasteiger charge is 2.60. The van der Waals surface area contributed by atoms with Crippen LogP contribution in [0.4, 0.5) is 32.0 Å². The number of carbonyl (C=O) groups excluding carboxylic acids is 2. The minimum absolute atomic E-state index is 0.0601. The average molecular weight is 623 g/mol. The van der Waals surface area contributed by atoms with Crippen LogP contribution >= 0.6 is 0 Å². The summed E-state index contributed by atoms with van der Waals surface area (Å²) in [5, 5.41) is 9.04. The molecular weight excluding hydrogens is 594 g/mol. The number of nitrogens with zero attached hydrogens (tertiary/aromatic N) is 2. The van der Waals surface area contributed by atoms with Crippen molar-refractivity contribution < 1.29 is 45.4 Å². The van der Waals surface area contributed by atoms with E-state index in [1.807, 2.05) is 5.32 Å². The van der Waals surface area contributed by atoms with E-state index in [0.29, 0.717) is 5.75 Å². The fourth-order valence-electron chi connectivity index (χ4n) is 4.97. The lowest BCUT2D eigenvalue weighted by Gasteiger charge is -2.41. The Morgan fingerprint density at radius 2 is 1.68 bits per heavy atom. The van der Waals surface area contributed by atoms with Crippen LogP contribution in [0.15, 0.2) is 66.4 Å². The molecular formula is C30H28F6N4O4. The monoisotopic (exact) mass is 622 g/mol. The molecule has 1 atom stereocenters. The molecule has 2 aromatic carbocycles. The molecule has 8 nitrogen and oxygen atoms in total. The lowest BCUT2D eigenvalue weighted by Crippen LogP contribution is -2.59. The molecule has 0 radical (unpaired) electrons. The van der Waals surface area contributed by atoms with E-state index in [2.05, 4.69) is 10.4 Å². The Balaban J connectivity index is 1.49. The van der Waals surface area contributed by atoms with Gasteiger partial charge >= 0.3 is 12.4 Å². The number of benzene rings is 2. The van der Waals surface area contributed by atoms with Crippen LogP contribution in [0.1, 0.15) is 49.4 Å².